The Balaban J connectivity index is 2.77. The molecule has 6 heteroatoms. The van der Waals surface area contributed by atoms with Crippen molar-refractivity contribution in [1.82, 2.24) is 5.32 Å². The highest BCUT2D eigenvalue weighted by atomic mass is 16.4. The van der Waals surface area contributed by atoms with E-state index in [0.29, 0.717) is 5.69 Å². The SMILES string of the molecule is C[C@@H](O)[C@H](NC(=O)c1ccc(N)cc1)C(=O)O. The first-order valence-corrected chi connectivity index (χ1v) is 4.99. The fraction of sp³-hybridized carbons (Fsp3) is 0.273. The highest BCUT2D eigenvalue weighted by Gasteiger charge is 2.25. The highest BCUT2D eigenvalue weighted by molar-refractivity contribution is 5.96. The highest BCUT2D eigenvalue weighted by Crippen LogP contribution is 2.06. The molecule has 17 heavy (non-hydrogen) atoms. The Kier molecular flexibility index (Phi) is 4.06. The second kappa shape index (κ2) is 5.31. The van der Waals surface area contributed by atoms with Crippen molar-refractivity contribution in [3.8, 4) is 0 Å². The molecule has 5 N–H and O–H groups in total. The van der Waals surface area contributed by atoms with Gasteiger partial charge in [-0.1, -0.05) is 0 Å². The molecule has 0 heterocycles. The molecule has 92 valence electrons. The van der Waals surface area contributed by atoms with Gasteiger partial charge in [0.25, 0.3) is 5.91 Å². The standard InChI is InChI=1S/C11H14N2O4/c1-6(14)9(11(16)17)13-10(15)7-2-4-8(12)5-3-7/h2-6,9,14H,12H2,1H3,(H,13,15)(H,16,17)/t6-,9+/m1/s1. The minimum absolute atomic E-state index is 0.283. The summed E-state index contributed by atoms with van der Waals surface area (Å²) in [5.74, 6) is -1.86. The van der Waals surface area contributed by atoms with E-state index in [-0.39, 0.29) is 5.56 Å². The molecule has 1 aromatic carbocycles. The number of carbonyl (C=O) groups is 2. The van der Waals surface area contributed by atoms with Crippen LogP contribution in [0.1, 0.15) is 17.3 Å². The van der Waals surface area contributed by atoms with Crippen LogP contribution >= 0.6 is 0 Å². The van der Waals surface area contributed by atoms with E-state index in [1.54, 1.807) is 0 Å². The van der Waals surface area contributed by atoms with Crippen LogP contribution in [-0.2, 0) is 4.79 Å². The van der Waals surface area contributed by atoms with E-state index in [4.69, 9.17) is 10.8 Å². The van der Waals surface area contributed by atoms with Crippen LogP contribution in [0.2, 0.25) is 0 Å². The summed E-state index contributed by atoms with van der Waals surface area (Å²) in [6.45, 7) is 1.29. The monoisotopic (exact) mass is 238 g/mol. The Labute approximate surface area is 98.1 Å². The maximum absolute atomic E-state index is 11.6. The van der Waals surface area contributed by atoms with Crippen molar-refractivity contribution in [2.75, 3.05) is 5.73 Å². The molecule has 0 aromatic heterocycles. The average molecular weight is 238 g/mol. The molecule has 0 aliphatic carbocycles. The van der Waals surface area contributed by atoms with E-state index in [9.17, 15) is 14.7 Å². The lowest BCUT2D eigenvalue weighted by atomic mass is 10.1. The zero-order chi connectivity index (χ0) is 13.0. The summed E-state index contributed by atoms with van der Waals surface area (Å²) in [5, 5.41) is 20.2. The minimum atomic E-state index is -1.33. The number of amides is 1. The summed E-state index contributed by atoms with van der Waals surface area (Å²) in [5.41, 5.74) is 6.25. The lowest BCUT2D eigenvalue weighted by molar-refractivity contribution is -0.141. The number of carboxylic acids is 1. The predicted molar refractivity (Wildman–Crippen MR) is 61.4 cm³/mol. The van der Waals surface area contributed by atoms with Crippen molar-refractivity contribution in [1.29, 1.82) is 0 Å². The van der Waals surface area contributed by atoms with Crippen molar-refractivity contribution in [3.63, 3.8) is 0 Å². The molecular formula is C11H14N2O4. The maximum Gasteiger partial charge on any atom is 0.328 e. The molecule has 0 unspecified atom stereocenters. The van der Waals surface area contributed by atoms with Crippen molar-refractivity contribution in [2.24, 2.45) is 0 Å². The molecule has 1 rings (SSSR count). The topological polar surface area (TPSA) is 113 Å². The number of rotatable bonds is 4. The summed E-state index contributed by atoms with van der Waals surface area (Å²) < 4.78 is 0. The molecule has 2 atom stereocenters. The number of carbonyl (C=O) groups excluding carboxylic acids is 1. The molecule has 0 spiro atoms. The molecule has 0 aliphatic rings. The molecule has 0 aliphatic heterocycles. The maximum atomic E-state index is 11.6. The van der Waals surface area contributed by atoms with Gasteiger partial charge in [0.15, 0.2) is 6.04 Å². The second-order valence-corrected chi connectivity index (χ2v) is 3.65. The number of anilines is 1. The predicted octanol–water partition coefficient (Wildman–Crippen LogP) is -0.167. The molecule has 1 amide bonds. The van der Waals surface area contributed by atoms with Crippen LogP contribution in [0.4, 0.5) is 5.69 Å². The third-order valence-corrected chi connectivity index (χ3v) is 2.21. The lowest BCUT2D eigenvalue weighted by Crippen LogP contribution is -2.47. The third kappa shape index (κ3) is 3.46. The van der Waals surface area contributed by atoms with Crippen molar-refractivity contribution < 1.29 is 19.8 Å². The smallest absolute Gasteiger partial charge is 0.328 e. The Bertz CT molecular complexity index is 414. The number of hydrogen-bond donors (Lipinski definition) is 4. The van der Waals surface area contributed by atoms with Gasteiger partial charge in [0.2, 0.25) is 0 Å². The van der Waals surface area contributed by atoms with Gasteiger partial charge in [0, 0.05) is 11.3 Å². The summed E-state index contributed by atoms with van der Waals surface area (Å²) in [6, 6.07) is 4.69. The van der Waals surface area contributed by atoms with E-state index < -0.39 is 24.0 Å². The van der Waals surface area contributed by atoms with Crippen LogP contribution in [-0.4, -0.2) is 34.2 Å². The van der Waals surface area contributed by atoms with Crippen molar-refractivity contribution in [2.45, 2.75) is 19.1 Å². The number of nitrogen functional groups attached to an aromatic ring is 1. The van der Waals surface area contributed by atoms with E-state index in [1.165, 1.54) is 31.2 Å². The molecular weight excluding hydrogens is 224 g/mol. The normalized spacial score (nSPS) is 13.8. The first-order valence-electron chi connectivity index (χ1n) is 4.99. The Morgan fingerprint density at radius 3 is 2.24 bits per heavy atom. The largest absolute Gasteiger partial charge is 0.480 e. The Hall–Kier alpha value is -2.08. The Morgan fingerprint density at radius 1 is 1.29 bits per heavy atom. The van der Waals surface area contributed by atoms with Crippen LogP contribution in [0.5, 0.6) is 0 Å². The number of hydrogen-bond acceptors (Lipinski definition) is 4. The van der Waals surface area contributed by atoms with Gasteiger partial charge in [0.1, 0.15) is 0 Å². The van der Waals surface area contributed by atoms with Crippen LogP contribution < -0.4 is 11.1 Å². The van der Waals surface area contributed by atoms with Gasteiger partial charge in [-0.3, -0.25) is 4.79 Å². The number of nitrogens with two attached hydrogens (primary N) is 1. The van der Waals surface area contributed by atoms with E-state index >= 15 is 0 Å². The van der Waals surface area contributed by atoms with Crippen molar-refractivity contribution in [3.05, 3.63) is 29.8 Å². The summed E-state index contributed by atoms with van der Waals surface area (Å²) in [7, 11) is 0. The van der Waals surface area contributed by atoms with Gasteiger partial charge in [-0.05, 0) is 31.2 Å². The lowest BCUT2D eigenvalue weighted by Gasteiger charge is -2.16. The fourth-order valence-corrected chi connectivity index (χ4v) is 1.25. The van der Waals surface area contributed by atoms with Gasteiger partial charge in [-0.25, -0.2) is 4.79 Å². The first-order chi connectivity index (χ1) is 7.91. The third-order valence-electron chi connectivity index (χ3n) is 2.21. The summed E-state index contributed by atoms with van der Waals surface area (Å²) in [4.78, 5) is 22.4. The molecule has 0 radical (unpaired) electrons. The van der Waals surface area contributed by atoms with Crippen LogP contribution in [0, 0.1) is 0 Å². The first kappa shape index (κ1) is 13.0. The Morgan fingerprint density at radius 2 is 1.82 bits per heavy atom. The van der Waals surface area contributed by atoms with Gasteiger partial charge in [-0.15, -0.1) is 0 Å². The number of aliphatic hydroxyl groups excluding tert-OH is 1. The second-order valence-electron chi connectivity index (χ2n) is 3.65. The fourth-order valence-electron chi connectivity index (χ4n) is 1.25. The number of benzene rings is 1. The average Bonchev–Trinajstić information content (AvgIpc) is 2.25. The molecule has 0 fully saturated rings. The van der Waals surface area contributed by atoms with E-state index in [2.05, 4.69) is 5.32 Å². The van der Waals surface area contributed by atoms with Crippen LogP contribution in [0.15, 0.2) is 24.3 Å². The summed E-state index contributed by atoms with van der Waals surface area (Å²) >= 11 is 0. The van der Waals surface area contributed by atoms with Gasteiger partial charge in [0.05, 0.1) is 6.10 Å². The zero-order valence-corrected chi connectivity index (χ0v) is 9.25. The van der Waals surface area contributed by atoms with Crippen molar-refractivity contribution >= 4 is 17.6 Å². The number of aliphatic hydroxyl groups is 1. The van der Waals surface area contributed by atoms with Gasteiger partial charge >= 0.3 is 5.97 Å². The number of carboxylic acid groups (broad SMARTS) is 1. The van der Waals surface area contributed by atoms with E-state index in [0.717, 1.165) is 0 Å². The number of nitrogens with one attached hydrogen (secondary N) is 1. The van der Waals surface area contributed by atoms with Crippen LogP contribution in [0.25, 0.3) is 0 Å². The zero-order valence-electron chi connectivity index (χ0n) is 9.25. The van der Waals surface area contributed by atoms with Crippen LogP contribution in [0.3, 0.4) is 0 Å². The quantitative estimate of drug-likeness (QED) is 0.544. The molecule has 6 nitrogen and oxygen atoms in total. The minimum Gasteiger partial charge on any atom is -0.480 e. The number of aliphatic carboxylic acids is 1. The van der Waals surface area contributed by atoms with Gasteiger partial charge < -0.3 is 21.3 Å². The molecule has 1 aromatic rings. The summed E-state index contributed by atoms with van der Waals surface area (Å²) in [6.07, 6.45) is -1.18. The van der Waals surface area contributed by atoms with Gasteiger partial charge in [-0.2, -0.15) is 0 Å². The molecule has 0 saturated carbocycles. The molecule has 0 bridgehead atoms. The van der Waals surface area contributed by atoms with E-state index in [1.807, 2.05) is 0 Å². The molecule has 0 saturated heterocycles.